The third-order valence-electron chi connectivity index (χ3n) is 1.38. The Kier molecular flexibility index (Phi) is 4.55. The molecule has 11 heavy (non-hydrogen) atoms. The zero-order valence-electron chi connectivity index (χ0n) is 6.27. The lowest BCUT2D eigenvalue weighted by Crippen LogP contribution is -2.41. The van der Waals surface area contributed by atoms with Crippen molar-refractivity contribution in [3.8, 4) is 0 Å². The molecule has 0 saturated carbocycles. The Morgan fingerprint density at radius 3 is 2.09 bits per heavy atom. The van der Waals surface area contributed by atoms with Gasteiger partial charge in [0.25, 0.3) is 0 Å². The van der Waals surface area contributed by atoms with Crippen molar-refractivity contribution in [2.75, 3.05) is 6.54 Å². The van der Waals surface area contributed by atoms with Gasteiger partial charge in [-0.1, -0.05) is 0 Å². The molecule has 1 atom stereocenters. The number of rotatable bonds is 5. The van der Waals surface area contributed by atoms with Crippen LogP contribution in [0, 0.1) is 0 Å². The summed E-state index contributed by atoms with van der Waals surface area (Å²) in [4.78, 5) is 0. The molecule has 0 spiro atoms. The lowest BCUT2D eigenvalue weighted by Gasteiger charge is -2.20. The second kappa shape index (κ2) is 4.63. The van der Waals surface area contributed by atoms with Crippen LogP contribution in [0.5, 0.6) is 0 Å². The summed E-state index contributed by atoms with van der Waals surface area (Å²) in [5.41, 5.74) is 5.15. The highest BCUT2D eigenvalue weighted by molar-refractivity contribution is 4.62. The van der Waals surface area contributed by atoms with Gasteiger partial charge in [-0.25, -0.2) is 0 Å². The molecule has 1 unspecified atom stereocenters. The van der Waals surface area contributed by atoms with E-state index in [1.54, 1.807) is 0 Å². The Hall–Kier alpha value is -0.200. The molecule has 0 bridgehead atoms. The normalized spacial score (nSPS) is 15.0. The van der Waals surface area contributed by atoms with Crippen LogP contribution in [0.2, 0.25) is 0 Å². The fourth-order valence-electron chi connectivity index (χ4n) is 0.676. The Morgan fingerprint density at radius 1 is 1.18 bits per heavy atom. The number of aliphatic hydroxyl groups is 4. The molecule has 0 amide bonds. The molecule has 0 heterocycles. The smallest absolute Gasteiger partial charge is 0.302 e. The van der Waals surface area contributed by atoms with E-state index in [0.29, 0.717) is 19.4 Å². The van der Waals surface area contributed by atoms with Crippen LogP contribution in [0.25, 0.3) is 0 Å². The third-order valence-corrected chi connectivity index (χ3v) is 1.38. The van der Waals surface area contributed by atoms with Crippen molar-refractivity contribution >= 4 is 0 Å². The minimum absolute atomic E-state index is 0.126. The van der Waals surface area contributed by atoms with E-state index in [2.05, 4.69) is 0 Å². The zero-order valence-corrected chi connectivity index (χ0v) is 6.27. The number of nitrogens with two attached hydrogens (primary N) is 1. The van der Waals surface area contributed by atoms with E-state index >= 15 is 0 Å². The second-order valence-corrected chi connectivity index (χ2v) is 2.49. The first-order valence-corrected chi connectivity index (χ1v) is 3.53. The van der Waals surface area contributed by atoms with E-state index < -0.39 is 12.1 Å². The van der Waals surface area contributed by atoms with Crippen molar-refractivity contribution < 1.29 is 20.4 Å². The molecular weight excluding hydrogens is 150 g/mol. The molecule has 0 aromatic rings. The lowest BCUT2D eigenvalue weighted by atomic mass is 10.1. The molecule has 0 aliphatic rings. The fourth-order valence-corrected chi connectivity index (χ4v) is 0.676. The minimum atomic E-state index is -2.98. The Balaban J connectivity index is 3.44. The van der Waals surface area contributed by atoms with Gasteiger partial charge < -0.3 is 26.2 Å². The Morgan fingerprint density at radius 2 is 1.73 bits per heavy atom. The highest BCUT2D eigenvalue weighted by atomic mass is 16.7. The van der Waals surface area contributed by atoms with Crippen molar-refractivity contribution in [1.82, 2.24) is 0 Å². The predicted molar refractivity (Wildman–Crippen MR) is 38.3 cm³/mol. The van der Waals surface area contributed by atoms with Gasteiger partial charge in [0.2, 0.25) is 0 Å². The summed E-state index contributed by atoms with van der Waals surface area (Å²) in [5, 5.41) is 34.1. The van der Waals surface area contributed by atoms with Crippen molar-refractivity contribution in [3.05, 3.63) is 0 Å². The molecule has 6 N–H and O–H groups in total. The summed E-state index contributed by atoms with van der Waals surface area (Å²) in [7, 11) is 0. The van der Waals surface area contributed by atoms with Gasteiger partial charge in [-0.3, -0.25) is 0 Å². The second-order valence-electron chi connectivity index (χ2n) is 2.49. The van der Waals surface area contributed by atoms with Gasteiger partial charge in [0.15, 0.2) is 0 Å². The average Bonchev–Trinajstić information content (AvgIpc) is 1.86. The van der Waals surface area contributed by atoms with E-state index in [0.717, 1.165) is 0 Å². The van der Waals surface area contributed by atoms with E-state index in [4.69, 9.17) is 26.2 Å². The van der Waals surface area contributed by atoms with E-state index in [1.165, 1.54) is 0 Å². The molecule has 0 aliphatic carbocycles. The van der Waals surface area contributed by atoms with Crippen LogP contribution in [-0.2, 0) is 0 Å². The van der Waals surface area contributed by atoms with E-state index in [1.807, 2.05) is 0 Å². The maximum absolute atomic E-state index is 8.82. The van der Waals surface area contributed by atoms with Gasteiger partial charge in [0, 0.05) is 0 Å². The summed E-state index contributed by atoms with van der Waals surface area (Å²) < 4.78 is 0. The number of unbranched alkanes of at least 4 members (excludes halogenated alkanes) is 1. The highest BCUT2D eigenvalue weighted by Crippen LogP contribution is 2.09. The first-order chi connectivity index (χ1) is 4.98. The molecule has 0 fully saturated rings. The molecule has 5 nitrogen and oxygen atoms in total. The fraction of sp³-hybridized carbons (Fsp3) is 1.00. The molecule has 5 heteroatoms. The number of hydrogen-bond donors (Lipinski definition) is 5. The topological polar surface area (TPSA) is 107 Å². The molecule has 0 saturated heterocycles. The largest absolute Gasteiger partial charge is 0.385 e. The quantitative estimate of drug-likeness (QED) is 0.242. The first kappa shape index (κ1) is 10.8. The van der Waals surface area contributed by atoms with Gasteiger partial charge in [0.05, 0.1) is 0 Å². The number of aliphatic hydroxyl groups excluding tert-OH is 1. The monoisotopic (exact) mass is 165 g/mol. The van der Waals surface area contributed by atoms with Gasteiger partial charge in [-0.15, -0.1) is 0 Å². The first-order valence-electron chi connectivity index (χ1n) is 3.53. The van der Waals surface area contributed by atoms with E-state index in [9.17, 15) is 0 Å². The van der Waals surface area contributed by atoms with Gasteiger partial charge >= 0.3 is 5.97 Å². The van der Waals surface area contributed by atoms with Crippen molar-refractivity contribution in [3.63, 3.8) is 0 Å². The summed E-state index contributed by atoms with van der Waals surface area (Å²) in [5.74, 6) is -2.98. The molecular formula is C6H15NO4. The number of hydrogen-bond acceptors (Lipinski definition) is 5. The average molecular weight is 165 g/mol. The van der Waals surface area contributed by atoms with Gasteiger partial charge in [-0.2, -0.15) is 0 Å². The standard InChI is InChI=1S/C6H15NO4/c7-4-2-1-3-5(8)6(9,10)11/h5,8-11H,1-4,7H2. The maximum Gasteiger partial charge on any atom is 0.302 e. The molecule has 0 aromatic heterocycles. The molecule has 68 valence electrons. The summed E-state index contributed by atoms with van der Waals surface area (Å²) in [6.45, 7) is 0.488. The van der Waals surface area contributed by atoms with Crippen molar-refractivity contribution in [2.24, 2.45) is 5.73 Å². The van der Waals surface area contributed by atoms with Gasteiger partial charge in [-0.05, 0) is 25.8 Å². The van der Waals surface area contributed by atoms with Crippen LogP contribution in [0.4, 0.5) is 0 Å². The molecule has 0 aliphatic heterocycles. The molecule has 0 radical (unpaired) electrons. The van der Waals surface area contributed by atoms with Crippen LogP contribution in [0.15, 0.2) is 0 Å². The van der Waals surface area contributed by atoms with Gasteiger partial charge in [0.1, 0.15) is 6.10 Å². The summed E-state index contributed by atoms with van der Waals surface area (Å²) >= 11 is 0. The van der Waals surface area contributed by atoms with Crippen LogP contribution in [0.3, 0.4) is 0 Å². The summed E-state index contributed by atoms with van der Waals surface area (Å²) in [6.07, 6.45) is -0.149. The maximum atomic E-state index is 8.82. The minimum Gasteiger partial charge on any atom is -0.385 e. The molecule has 0 aromatic carbocycles. The van der Waals surface area contributed by atoms with Crippen LogP contribution in [-0.4, -0.2) is 39.0 Å². The predicted octanol–water partition coefficient (Wildman–Crippen LogP) is -1.89. The highest BCUT2D eigenvalue weighted by Gasteiger charge is 2.29. The zero-order chi connectivity index (χ0) is 8.91. The van der Waals surface area contributed by atoms with Crippen molar-refractivity contribution in [1.29, 1.82) is 0 Å². The Labute approximate surface area is 65.1 Å². The van der Waals surface area contributed by atoms with Crippen LogP contribution >= 0.6 is 0 Å². The van der Waals surface area contributed by atoms with Crippen LogP contribution in [0.1, 0.15) is 19.3 Å². The SMILES string of the molecule is NCCCCC(O)C(O)(O)O. The van der Waals surface area contributed by atoms with Crippen LogP contribution < -0.4 is 5.73 Å². The van der Waals surface area contributed by atoms with E-state index in [-0.39, 0.29) is 6.42 Å². The van der Waals surface area contributed by atoms with Crippen molar-refractivity contribution in [2.45, 2.75) is 31.3 Å². The molecule has 0 rings (SSSR count). The third kappa shape index (κ3) is 5.11. The lowest BCUT2D eigenvalue weighted by molar-refractivity contribution is -0.355. The summed E-state index contributed by atoms with van der Waals surface area (Å²) in [6, 6.07) is 0. The Bertz CT molecular complexity index is 101.